The summed E-state index contributed by atoms with van der Waals surface area (Å²) in [5, 5.41) is 3.67. The summed E-state index contributed by atoms with van der Waals surface area (Å²) in [6, 6.07) is 10.9. The Kier molecular flexibility index (Phi) is 11.2. The number of ketones is 1. The van der Waals surface area contributed by atoms with Crippen molar-refractivity contribution in [1.29, 1.82) is 0 Å². The van der Waals surface area contributed by atoms with Crippen molar-refractivity contribution in [2.75, 3.05) is 42.4 Å². The normalized spacial score (nSPS) is 18.1. The molecule has 0 saturated carbocycles. The van der Waals surface area contributed by atoms with Crippen molar-refractivity contribution in [2.24, 2.45) is 11.3 Å². The van der Waals surface area contributed by atoms with Gasteiger partial charge in [-0.15, -0.1) is 0 Å². The van der Waals surface area contributed by atoms with Gasteiger partial charge in [-0.05, 0) is 73.4 Å². The number of hydrogen-bond donors (Lipinski definition) is 1. The zero-order chi connectivity index (χ0) is 31.1. The Balaban J connectivity index is 1.60. The predicted octanol–water partition coefficient (Wildman–Crippen LogP) is 4.28. The lowest BCUT2D eigenvalue weighted by Crippen LogP contribution is -2.53. The van der Waals surface area contributed by atoms with Crippen LogP contribution in [0.25, 0.3) is 0 Å². The standard InChI is InChI=1S/C31H40ClN3O7S/c1-21(36)41-14-11-22-9-12-34(13-10-22)18-27(29(37)30(38)42-19-23-7-5-4-6-8-23)35(43(39)40)26-16-25(32)15-24-17-31(2,3)20-33-28(24)26/h4-8,15-16,22,27,33H,9-14,17-20H2,1-3H3,(H,39,40)/p-1. The van der Waals surface area contributed by atoms with E-state index in [4.69, 9.17) is 21.1 Å². The average molecular weight is 633 g/mol. The monoisotopic (exact) mass is 632 g/mol. The van der Waals surface area contributed by atoms with Crippen LogP contribution in [0.3, 0.4) is 0 Å². The predicted molar refractivity (Wildman–Crippen MR) is 164 cm³/mol. The van der Waals surface area contributed by atoms with Crippen molar-refractivity contribution in [3.63, 3.8) is 0 Å². The lowest BCUT2D eigenvalue weighted by atomic mass is 9.82. The highest BCUT2D eigenvalue weighted by molar-refractivity contribution is 7.80. The summed E-state index contributed by atoms with van der Waals surface area (Å²) in [6.45, 7) is 7.57. The van der Waals surface area contributed by atoms with Crippen molar-refractivity contribution in [1.82, 2.24) is 4.90 Å². The Hall–Kier alpha value is -2.99. The molecule has 0 aromatic heterocycles. The van der Waals surface area contributed by atoms with E-state index in [1.807, 2.05) is 11.0 Å². The number of esters is 2. The second-order valence-electron chi connectivity index (χ2n) is 12.0. The lowest BCUT2D eigenvalue weighted by molar-refractivity contribution is -0.155. The van der Waals surface area contributed by atoms with Crippen LogP contribution in [0.5, 0.6) is 0 Å². The molecule has 1 saturated heterocycles. The van der Waals surface area contributed by atoms with Crippen LogP contribution in [0.1, 0.15) is 51.2 Å². The SMILES string of the molecule is CC(=O)OCCC1CCN(CC(C(=O)C(=O)OCc2ccccc2)N(c2cc(Cl)cc3c2NCC(C)(C)C3)S(=O)[O-])CC1. The molecule has 0 radical (unpaired) electrons. The van der Waals surface area contributed by atoms with E-state index in [0.29, 0.717) is 54.9 Å². The van der Waals surface area contributed by atoms with Crippen molar-refractivity contribution in [3.05, 3.63) is 58.6 Å². The largest absolute Gasteiger partial charge is 0.755 e. The number of fused-ring (bicyclic) bond motifs is 1. The first-order chi connectivity index (χ1) is 20.4. The fourth-order valence-corrected chi connectivity index (χ4v) is 6.60. The highest BCUT2D eigenvalue weighted by Gasteiger charge is 2.38. The smallest absolute Gasteiger partial charge is 0.377 e. The Morgan fingerprint density at radius 3 is 2.51 bits per heavy atom. The highest BCUT2D eigenvalue weighted by Crippen LogP contribution is 2.42. The maximum Gasteiger partial charge on any atom is 0.377 e. The van der Waals surface area contributed by atoms with Gasteiger partial charge in [0.15, 0.2) is 0 Å². The van der Waals surface area contributed by atoms with E-state index >= 15 is 0 Å². The van der Waals surface area contributed by atoms with Crippen LogP contribution >= 0.6 is 11.6 Å². The Bertz CT molecular complexity index is 1330. The maximum absolute atomic E-state index is 13.8. The molecule has 234 valence electrons. The number of piperidine rings is 1. The number of halogens is 1. The van der Waals surface area contributed by atoms with E-state index < -0.39 is 29.1 Å². The van der Waals surface area contributed by atoms with Crippen LogP contribution in [-0.2, 0) is 48.2 Å². The van der Waals surface area contributed by atoms with Crippen molar-refractivity contribution in [3.8, 4) is 0 Å². The molecule has 2 aliphatic heterocycles. The second-order valence-corrected chi connectivity index (χ2v) is 13.3. The van der Waals surface area contributed by atoms with E-state index in [1.165, 1.54) is 13.0 Å². The molecule has 12 heteroatoms. The van der Waals surface area contributed by atoms with Crippen molar-refractivity contribution >= 4 is 52.0 Å². The molecule has 4 rings (SSSR count). The molecular weight excluding hydrogens is 594 g/mol. The van der Waals surface area contributed by atoms with Crippen LogP contribution in [0.2, 0.25) is 5.02 Å². The van der Waals surface area contributed by atoms with Gasteiger partial charge in [0.25, 0.3) is 5.78 Å². The van der Waals surface area contributed by atoms with Gasteiger partial charge in [0.05, 0.1) is 18.0 Å². The second kappa shape index (κ2) is 14.7. The number of hydrogen-bond acceptors (Lipinski definition) is 9. The maximum atomic E-state index is 13.8. The Morgan fingerprint density at radius 1 is 1.16 bits per heavy atom. The fraction of sp³-hybridized carbons (Fsp3) is 0.516. The molecule has 1 N–H and O–H groups in total. The van der Waals surface area contributed by atoms with Gasteiger partial charge in [-0.25, -0.2) is 4.79 Å². The minimum absolute atomic E-state index is 0.00328. The molecule has 10 nitrogen and oxygen atoms in total. The first kappa shape index (κ1) is 32.9. The molecule has 2 aromatic rings. The molecule has 43 heavy (non-hydrogen) atoms. The molecule has 1 fully saturated rings. The summed E-state index contributed by atoms with van der Waals surface area (Å²) in [6.07, 6.45) is 2.95. The average Bonchev–Trinajstić information content (AvgIpc) is 2.95. The van der Waals surface area contributed by atoms with Crippen LogP contribution in [0.15, 0.2) is 42.5 Å². The number of nitrogens with one attached hydrogen (secondary N) is 1. The number of anilines is 2. The molecule has 2 heterocycles. The van der Waals surface area contributed by atoms with Crippen LogP contribution in [0.4, 0.5) is 11.4 Å². The number of carbonyl (C=O) groups is 3. The topological polar surface area (TPSA) is 128 Å². The van der Waals surface area contributed by atoms with Crippen LogP contribution in [0, 0.1) is 11.3 Å². The van der Waals surface area contributed by atoms with Gasteiger partial charge >= 0.3 is 11.9 Å². The molecule has 0 spiro atoms. The van der Waals surface area contributed by atoms with Gasteiger partial charge < -0.3 is 24.2 Å². The molecule has 2 unspecified atom stereocenters. The van der Waals surface area contributed by atoms with E-state index in [0.717, 1.165) is 29.1 Å². The molecule has 0 bridgehead atoms. The molecular formula is C31H39ClN3O7S-. The summed E-state index contributed by atoms with van der Waals surface area (Å²) in [5.41, 5.74) is 2.24. The van der Waals surface area contributed by atoms with Gasteiger partial charge in [0.1, 0.15) is 12.6 Å². The molecule has 0 amide bonds. The number of carbonyl (C=O) groups excluding carboxylic acids is 3. The van der Waals surface area contributed by atoms with E-state index in [9.17, 15) is 23.1 Å². The number of rotatable bonds is 12. The molecule has 2 aliphatic rings. The molecule has 2 aromatic carbocycles. The van der Waals surface area contributed by atoms with E-state index in [-0.39, 0.29) is 30.2 Å². The third kappa shape index (κ3) is 9.01. The van der Waals surface area contributed by atoms with Gasteiger partial charge in [-0.2, -0.15) is 0 Å². The van der Waals surface area contributed by atoms with Crippen LogP contribution in [-0.4, -0.2) is 70.2 Å². The number of benzene rings is 2. The van der Waals surface area contributed by atoms with Gasteiger partial charge in [-0.3, -0.25) is 18.1 Å². The number of likely N-dealkylation sites (tertiary alicyclic amines) is 1. The number of nitrogens with zero attached hydrogens (tertiary/aromatic N) is 2. The third-order valence-corrected chi connectivity index (χ3v) is 8.93. The van der Waals surface area contributed by atoms with Crippen molar-refractivity contribution < 1.29 is 32.6 Å². The fourth-order valence-electron chi connectivity index (χ4n) is 5.69. The first-order valence-corrected chi connectivity index (χ1v) is 15.9. The Labute approximate surface area is 260 Å². The third-order valence-electron chi connectivity index (χ3n) is 7.94. The van der Waals surface area contributed by atoms with Gasteiger partial charge in [-0.1, -0.05) is 55.8 Å². The highest BCUT2D eigenvalue weighted by atomic mass is 35.5. The summed E-state index contributed by atoms with van der Waals surface area (Å²) in [4.78, 5) is 40.0. The van der Waals surface area contributed by atoms with E-state index in [1.54, 1.807) is 30.3 Å². The van der Waals surface area contributed by atoms with Gasteiger partial charge in [0, 0.05) is 36.3 Å². The zero-order valence-corrected chi connectivity index (χ0v) is 26.4. The molecule has 0 aliphatic carbocycles. The number of ether oxygens (including phenoxy) is 2. The summed E-state index contributed by atoms with van der Waals surface area (Å²) in [7, 11) is 0. The minimum Gasteiger partial charge on any atom is -0.755 e. The zero-order valence-electron chi connectivity index (χ0n) is 24.8. The summed E-state index contributed by atoms with van der Waals surface area (Å²) < 4.78 is 37.3. The van der Waals surface area contributed by atoms with Crippen LogP contribution < -0.4 is 9.62 Å². The quantitative estimate of drug-likeness (QED) is 0.207. The molecule has 2 atom stereocenters. The lowest BCUT2D eigenvalue weighted by Gasteiger charge is -2.41. The first-order valence-electron chi connectivity index (χ1n) is 14.5. The van der Waals surface area contributed by atoms with E-state index in [2.05, 4.69) is 19.2 Å². The summed E-state index contributed by atoms with van der Waals surface area (Å²) >= 11 is 3.56. The Morgan fingerprint density at radius 2 is 1.86 bits per heavy atom. The minimum atomic E-state index is -2.93. The van der Waals surface area contributed by atoms with Crippen molar-refractivity contribution in [2.45, 2.75) is 59.1 Å². The summed E-state index contributed by atoms with van der Waals surface area (Å²) in [5.74, 6) is -2.05. The number of Topliss-reactive ketones (excluding diaryl/α,β-unsaturated/α-hetero) is 1. The van der Waals surface area contributed by atoms with Gasteiger partial charge in [0.2, 0.25) is 0 Å².